The van der Waals surface area contributed by atoms with Crippen LogP contribution in [-0.4, -0.2) is 10.9 Å². The number of benzene rings is 2. The number of carbonyl (C=O) groups is 1. The molecule has 2 aromatic carbocycles. The molecular formula is C15H9BrO3. The first-order valence-electron chi connectivity index (χ1n) is 5.67. The van der Waals surface area contributed by atoms with Crippen molar-refractivity contribution in [2.75, 3.05) is 0 Å². The molecule has 0 aliphatic carbocycles. The summed E-state index contributed by atoms with van der Waals surface area (Å²) >= 11 is 3.35. The predicted molar refractivity (Wildman–Crippen MR) is 75.2 cm³/mol. The number of fused-ring (bicyclic) bond motifs is 1. The van der Waals surface area contributed by atoms with E-state index in [9.17, 15) is 9.90 Å². The highest BCUT2D eigenvalue weighted by Crippen LogP contribution is 2.37. The molecule has 3 nitrogen and oxygen atoms in total. The summed E-state index contributed by atoms with van der Waals surface area (Å²) < 4.78 is 6.32. The molecule has 1 aliphatic heterocycles. The zero-order valence-corrected chi connectivity index (χ0v) is 11.3. The van der Waals surface area contributed by atoms with Gasteiger partial charge in [-0.3, -0.25) is 4.79 Å². The summed E-state index contributed by atoms with van der Waals surface area (Å²) in [5.74, 6) is 0.796. The van der Waals surface area contributed by atoms with E-state index in [1.54, 1.807) is 42.5 Å². The van der Waals surface area contributed by atoms with E-state index in [4.69, 9.17) is 4.74 Å². The summed E-state index contributed by atoms with van der Waals surface area (Å²) in [4.78, 5) is 12.2. The lowest BCUT2D eigenvalue weighted by molar-refractivity contribution is 0.101. The average molecular weight is 317 g/mol. The standard InChI is InChI=1S/C15H9BrO3/c16-12-6-2-5-11-14(18)13(19-15(11)12)8-9-3-1-4-10(17)7-9/h1-8,17H. The van der Waals surface area contributed by atoms with Crippen molar-refractivity contribution in [3.63, 3.8) is 0 Å². The highest BCUT2D eigenvalue weighted by molar-refractivity contribution is 9.10. The number of halogens is 1. The second-order valence-corrected chi connectivity index (χ2v) is 5.01. The number of aromatic hydroxyl groups is 1. The van der Waals surface area contributed by atoms with Crippen LogP contribution in [0.5, 0.6) is 11.5 Å². The van der Waals surface area contributed by atoms with Crippen LogP contribution in [0.25, 0.3) is 6.08 Å². The van der Waals surface area contributed by atoms with Crippen molar-refractivity contribution >= 4 is 27.8 Å². The van der Waals surface area contributed by atoms with Gasteiger partial charge in [0.1, 0.15) is 5.75 Å². The number of phenols is 1. The van der Waals surface area contributed by atoms with Crippen molar-refractivity contribution in [3.8, 4) is 11.5 Å². The van der Waals surface area contributed by atoms with Gasteiger partial charge in [0.2, 0.25) is 5.78 Å². The molecule has 0 unspecified atom stereocenters. The first kappa shape index (κ1) is 12.0. The Bertz CT molecular complexity index is 704. The molecule has 0 spiro atoms. The van der Waals surface area contributed by atoms with Crippen LogP contribution in [0, 0.1) is 0 Å². The molecular weight excluding hydrogens is 308 g/mol. The number of allylic oxidation sites excluding steroid dienone is 1. The van der Waals surface area contributed by atoms with Gasteiger partial charge < -0.3 is 9.84 Å². The van der Waals surface area contributed by atoms with Crippen LogP contribution in [-0.2, 0) is 0 Å². The number of hydrogen-bond donors (Lipinski definition) is 1. The fourth-order valence-electron chi connectivity index (χ4n) is 1.94. The second-order valence-electron chi connectivity index (χ2n) is 4.15. The summed E-state index contributed by atoms with van der Waals surface area (Å²) in [6.45, 7) is 0. The van der Waals surface area contributed by atoms with Crippen LogP contribution in [0.4, 0.5) is 0 Å². The number of ether oxygens (including phenoxy) is 1. The van der Waals surface area contributed by atoms with E-state index in [0.717, 1.165) is 4.47 Å². The third-order valence-electron chi connectivity index (χ3n) is 2.82. The highest BCUT2D eigenvalue weighted by atomic mass is 79.9. The Morgan fingerprint density at radius 3 is 2.68 bits per heavy atom. The van der Waals surface area contributed by atoms with Gasteiger partial charge in [-0.1, -0.05) is 18.2 Å². The van der Waals surface area contributed by atoms with Gasteiger partial charge in [-0.15, -0.1) is 0 Å². The van der Waals surface area contributed by atoms with E-state index in [1.165, 1.54) is 0 Å². The fourth-order valence-corrected chi connectivity index (χ4v) is 2.39. The van der Waals surface area contributed by atoms with Crippen LogP contribution in [0.3, 0.4) is 0 Å². The number of ketones is 1. The first-order valence-corrected chi connectivity index (χ1v) is 6.46. The van der Waals surface area contributed by atoms with Crippen LogP contribution >= 0.6 is 15.9 Å². The monoisotopic (exact) mass is 316 g/mol. The van der Waals surface area contributed by atoms with Crippen LogP contribution in [0.15, 0.2) is 52.7 Å². The van der Waals surface area contributed by atoms with E-state index in [1.807, 2.05) is 6.07 Å². The van der Waals surface area contributed by atoms with E-state index in [0.29, 0.717) is 16.9 Å². The van der Waals surface area contributed by atoms with Gasteiger partial charge in [-0.25, -0.2) is 0 Å². The van der Waals surface area contributed by atoms with Gasteiger partial charge in [0, 0.05) is 0 Å². The Hall–Kier alpha value is -2.07. The van der Waals surface area contributed by atoms with Crippen molar-refractivity contribution in [2.45, 2.75) is 0 Å². The van der Waals surface area contributed by atoms with Crippen molar-refractivity contribution in [1.82, 2.24) is 0 Å². The largest absolute Gasteiger partial charge is 0.508 e. The molecule has 3 rings (SSSR count). The average Bonchev–Trinajstić information content (AvgIpc) is 2.69. The molecule has 0 aromatic heterocycles. The SMILES string of the molecule is O=C1C(=Cc2cccc(O)c2)Oc2c(Br)cccc21. The highest BCUT2D eigenvalue weighted by Gasteiger charge is 2.28. The van der Waals surface area contributed by atoms with Crippen molar-refractivity contribution in [2.24, 2.45) is 0 Å². The number of phenolic OH excluding ortho intramolecular Hbond substituents is 1. The molecule has 0 amide bonds. The molecule has 4 heteroatoms. The zero-order chi connectivity index (χ0) is 13.4. The summed E-state index contributed by atoms with van der Waals surface area (Å²) in [6, 6.07) is 12.0. The first-order chi connectivity index (χ1) is 9.15. The smallest absolute Gasteiger partial charge is 0.232 e. The van der Waals surface area contributed by atoms with E-state index in [-0.39, 0.29) is 17.3 Å². The van der Waals surface area contributed by atoms with Gasteiger partial charge >= 0.3 is 0 Å². The quantitative estimate of drug-likeness (QED) is 0.815. The maximum atomic E-state index is 12.2. The Kier molecular flexibility index (Phi) is 2.87. The minimum atomic E-state index is -0.153. The van der Waals surface area contributed by atoms with Crippen LogP contribution in [0.2, 0.25) is 0 Å². The van der Waals surface area contributed by atoms with Gasteiger partial charge in [-0.2, -0.15) is 0 Å². The molecule has 94 valence electrons. The zero-order valence-electron chi connectivity index (χ0n) is 9.76. The lowest BCUT2D eigenvalue weighted by Crippen LogP contribution is -1.97. The number of carbonyl (C=O) groups excluding carboxylic acids is 1. The minimum absolute atomic E-state index is 0.151. The summed E-state index contributed by atoms with van der Waals surface area (Å²) in [6.07, 6.45) is 1.62. The molecule has 0 bridgehead atoms. The number of hydrogen-bond acceptors (Lipinski definition) is 3. The van der Waals surface area contributed by atoms with Crippen molar-refractivity contribution in [1.29, 1.82) is 0 Å². The molecule has 1 N–H and O–H groups in total. The molecule has 0 atom stereocenters. The van der Waals surface area contributed by atoms with Crippen molar-refractivity contribution in [3.05, 3.63) is 63.8 Å². The Balaban J connectivity index is 2.02. The van der Waals surface area contributed by atoms with Gasteiger partial charge in [-0.05, 0) is 51.8 Å². The topological polar surface area (TPSA) is 46.5 Å². The summed E-state index contributed by atoms with van der Waals surface area (Å²) in [7, 11) is 0. The van der Waals surface area contributed by atoms with Gasteiger partial charge in [0.25, 0.3) is 0 Å². The fraction of sp³-hybridized carbons (Fsp3) is 0. The lowest BCUT2D eigenvalue weighted by Gasteiger charge is -2.00. The summed E-state index contributed by atoms with van der Waals surface area (Å²) in [5, 5.41) is 9.41. The maximum absolute atomic E-state index is 12.2. The molecule has 0 saturated carbocycles. The number of Topliss-reactive ketones (excluding diaryl/α,β-unsaturated/α-hetero) is 1. The van der Waals surface area contributed by atoms with E-state index in [2.05, 4.69) is 15.9 Å². The van der Waals surface area contributed by atoms with E-state index >= 15 is 0 Å². The molecule has 2 aromatic rings. The number of rotatable bonds is 1. The van der Waals surface area contributed by atoms with E-state index < -0.39 is 0 Å². The molecule has 0 radical (unpaired) electrons. The molecule has 19 heavy (non-hydrogen) atoms. The Morgan fingerprint density at radius 1 is 1.16 bits per heavy atom. The molecule has 1 heterocycles. The minimum Gasteiger partial charge on any atom is -0.508 e. The number of para-hydroxylation sites is 1. The van der Waals surface area contributed by atoms with Crippen LogP contribution in [0.1, 0.15) is 15.9 Å². The molecule has 0 saturated heterocycles. The normalized spacial score (nSPS) is 15.4. The maximum Gasteiger partial charge on any atom is 0.232 e. The third kappa shape index (κ3) is 2.15. The molecule has 0 fully saturated rings. The third-order valence-corrected chi connectivity index (χ3v) is 3.44. The second kappa shape index (κ2) is 4.55. The predicted octanol–water partition coefficient (Wildman–Crippen LogP) is 3.77. The lowest BCUT2D eigenvalue weighted by atomic mass is 10.1. The van der Waals surface area contributed by atoms with Crippen molar-refractivity contribution < 1.29 is 14.6 Å². The molecule has 1 aliphatic rings. The van der Waals surface area contributed by atoms with Gasteiger partial charge in [0.05, 0.1) is 10.0 Å². The Labute approximate surface area is 118 Å². The van der Waals surface area contributed by atoms with Crippen LogP contribution < -0.4 is 4.74 Å². The van der Waals surface area contributed by atoms with Gasteiger partial charge in [0.15, 0.2) is 11.5 Å². The Morgan fingerprint density at radius 2 is 1.95 bits per heavy atom. The summed E-state index contributed by atoms with van der Waals surface area (Å²) in [5.41, 5.74) is 1.26.